The van der Waals surface area contributed by atoms with Gasteiger partial charge in [-0.05, 0) is 47.7 Å². The van der Waals surface area contributed by atoms with Gasteiger partial charge in [0.15, 0.2) is 0 Å². The smallest absolute Gasteiger partial charge is 0.290 e. The Hall–Kier alpha value is -3.13. The fourth-order valence-electron chi connectivity index (χ4n) is 2.45. The molecule has 1 aromatic carbocycles. The third-order valence-electron chi connectivity index (χ3n) is 4.00. The molecule has 0 spiro atoms. The second-order valence-corrected chi connectivity index (χ2v) is 7.10. The van der Waals surface area contributed by atoms with Gasteiger partial charge in [-0.3, -0.25) is 24.7 Å². The minimum absolute atomic E-state index is 0.0221. The van der Waals surface area contributed by atoms with Gasteiger partial charge in [-0.2, -0.15) is 0 Å². The lowest BCUT2D eigenvalue weighted by molar-refractivity contribution is -0.129. The summed E-state index contributed by atoms with van der Waals surface area (Å²) >= 11 is 0.881. The Labute approximate surface area is 166 Å². The summed E-state index contributed by atoms with van der Waals surface area (Å²) in [6.07, 6.45) is 3.58. The van der Waals surface area contributed by atoms with Crippen LogP contribution in [0.2, 0.25) is 0 Å². The van der Waals surface area contributed by atoms with E-state index in [0.29, 0.717) is 23.8 Å². The average molecular weight is 397 g/mol. The number of thioether (sulfide) groups is 1. The van der Waals surface area contributed by atoms with Gasteiger partial charge in [0.05, 0.1) is 17.9 Å². The second-order valence-electron chi connectivity index (χ2n) is 6.08. The van der Waals surface area contributed by atoms with Gasteiger partial charge >= 0.3 is 0 Å². The molecule has 1 aliphatic heterocycles. The third kappa shape index (κ3) is 5.43. The molecule has 3 rings (SSSR count). The molecular formula is C20H19N3O4S. The molecule has 28 heavy (non-hydrogen) atoms. The van der Waals surface area contributed by atoms with Crippen LogP contribution >= 0.6 is 11.8 Å². The van der Waals surface area contributed by atoms with Crippen LogP contribution in [0.15, 0.2) is 53.6 Å². The summed E-state index contributed by atoms with van der Waals surface area (Å²) in [7, 11) is 1.73. The standard InChI is InChI=1S/C20H19N3O4S/c1-23(18(24)13-15-4-2-3-9-21-15)10-11-27-16-7-5-14(6-8-16)12-17-19(25)22-20(26)28-17/h2-9,12H,10-11,13H2,1H3,(H,22,25,26). The summed E-state index contributed by atoms with van der Waals surface area (Å²) in [5.41, 5.74) is 1.53. The zero-order chi connectivity index (χ0) is 19.9. The summed E-state index contributed by atoms with van der Waals surface area (Å²) < 4.78 is 5.67. The Morgan fingerprint density at radius 1 is 1.21 bits per heavy atom. The van der Waals surface area contributed by atoms with Crippen molar-refractivity contribution in [1.82, 2.24) is 15.2 Å². The number of ether oxygens (including phenoxy) is 1. The Bertz CT molecular complexity index is 897. The first-order valence-corrected chi connectivity index (χ1v) is 9.44. The number of rotatable bonds is 7. The highest BCUT2D eigenvalue weighted by Gasteiger charge is 2.24. The van der Waals surface area contributed by atoms with Crippen molar-refractivity contribution in [3.05, 3.63) is 64.8 Å². The molecule has 2 heterocycles. The van der Waals surface area contributed by atoms with Gasteiger partial charge in [-0.1, -0.05) is 18.2 Å². The molecule has 1 N–H and O–H groups in total. The number of benzene rings is 1. The molecule has 2 aromatic rings. The van der Waals surface area contributed by atoms with E-state index in [1.54, 1.807) is 48.5 Å². The summed E-state index contributed by atoms with van der Waals surface area (Å²) in [6.45, 7) is 0.814. The topological polar surface area (TPSA) is 88.6 Å². The predicted octanol–water partition coefficient (Wildman–Crippen LogP) is 2.49. The number of hydrogen-bond acceptors (Lipinski definition) is 6. The molecule has 0 bridgehead atoms. The van der Waals surface area contributed by atoms with Crippen molar-refractivity contribution >= 4 is 34.9 Å². The van der Waals surface area contributed by atoms with Crippen LogP contribution in [-0.4, -0.2) is 47.1 Å². The molecule has 0 radical (unpaired) electrons. The molecule has 1 fully saturated rings. The number of nitrogens with zero attached hydrogens (tertiary/aromatic N) is 2. The van der Waals surface area contributed by atoms with E-state index in [9.17, 15) is 14.4 Å². The van der Waals surface area contributed by atoms with Crippen molar-refractivity contribution in [2.45, 2.75) is 6.42 Å². The molecule has 0 atom stereocenters. The van der Waals surface area contributed by atoms with Gasteiger partial charge in [0.2, 0.25) is 5.91 Å². The van der Waals surface area contributed by atoms with Gasteiger partial charge in [0.1, 0.15) is 12.4 Å². The maximum absolute atomic E-state index is 12.2. The molecular weight excluding hydrogens is 378 g/mol. The summed E-state index contributed by atoms with van der Waals surface area (Å²) in [6, 6.07) is 12.7. The monoisotopic (exact) mass is 397 g/mol. The average Bonchev–Trinajstić information content (AvgIpc) is 3.00. The SMILES string of the molecule is CN(CCOc1ccc(C=C2SC(=O)NC2=O)cc1)C(=O)Cc1ccccn1. The zero-order valence-electron chi connectivity index (χ0n) is 15.3. The minimum atomic E-state index is -0.381. The lowest BCUT2D eigenvalue weighted by Crippen LogP contribution is -2.32. The second kappa shape index (κ2) is 9.18. The molecule has 8 heteroatoms. The number of nitrogens with one attached hydrogen (secondary N) is 1. The van der Waals surface area contributed by atoms with E-state index in [4.69, 9.17) is 4.74 Å². The highest BCUT2D eigenvalue weighted by Crippen LogP contribution is 2.26. The first kappa shape index (κ1) is 19.6. The predicted molar refractivity (Wildman–Crippen MR) is 107 cm³/mol. The molecule has 3 amide bonds. The van der Waals surface area contributed by atoms with E-state index < -0.39 is 0 Å². The Balaban J connectivity index is 1.46. The molecule has 7 nitrogen and oxygen atoms in total. The quantitative estimate of drug-likeness (QED) is 0.722. The van der Waals surface area contributed by atoms with Crippen LogP contribution in [0.5, 0.6) is 5.75 Å². The first-order chi connectivity index (χ1) is 13.5. The number of imide groups is 1. The molecule has 1 aliphatic rings. The number of carbonyl (C=O) groups is 3. The van der Waals surface area contributed by atoms with Crippen LogP contribution in [-0.2, 0) is 16.0 Å². The molecule has 0 saturated carbocycles. The molecule has 1 saturated heterocycles. The Kier molecular flexibility index (Phi) is 6.44. The highest BCUT2D eigenvalue weighted by atomic mass is 32.2. The number of pyridine rings is 1. The van der Waals surface area contributed by atoms with E-state index in [1.165, 1.54) is 0 Å². The molecule has 0 aliphatic carbocycles. The fourth-order valence-corrected chi connectivity index (χ4v) is 3.13. The van der Waals surface area contributed by atoms with Crippen LogP contribution in [0, 0.1) is 0 Å². The van der Waals surface area contributed by atoms with E-state index in [2.05, 4.69) is 10.3 Å². The van der Waals surface area contributed by atoms with Crippen molar-refractivity contribution in [1.29, 1.82) is 0 Å². The van der Waals surface area contributed by atoms with Gasteiger partial charge in [-0.25, -0.2) is 0 Å². The van der Waals surface area contributed by atoms with Crippen LogP contribution in [0.3, 0.4) is 0 Å². The number of likely N-dealkylation sites (N-methyl/N-ethyl adjacent to an activating group) is 1. The van der Waals surface area contributed by atoms with Crippen LogP contribution < -0.4 is 10.1 Å². The minimum Gasteiger partial charge on any atom is -0.492 e. The van der Waals surface area contributed by atoms with Crippen molar-refractivity contribution in [2.24, 2.45) is 0 Å². The number of carbonyl (C=O) groups excluding carboxylic acids is 3. The number of amides is 3. The molecule has 0 unspecified atom stereocenters. The Morgan fingerprint density at radius 3 is 2.64 bits per heavy atom. The summed E-state index contributed by atoms with van der Waals surface area (Å²) in [5.74, 6) is 0.257. The Morgan fingerprint density at radius 2 is 2.00 bits per heavy atom. The van der Waals surface area contributed by atoms with E-state index >= 15 is 0 Å². The summed E-state index contributed by atoms with van der Waals surface area (Å²) in [5, 5.41) is 1.85. The van der Waals surface area contributed by atoms with Crippen molar-refractivity contribution in [2.75, 3.05) is 20.2 Å². The maximum atomic E-state index is 12.2. The van der Waals surface area contributed by atoms with Crippen molar-refractivity contribution < 1.29 is 19.1 Å². The van der Waals surface area contributed by atoms with Gasteiger partial charge in [0.25, 0.3) is 11.1 Å². The van der Waals surface area contributed by atoms with E-state index in [0.717, 1.165) is 23.0 Å². The number of hydrogen-bond donors (Lipinski definition) is 1. The fraction of sp³-hybridized carbons (Fsp3) is 0.200. The first-order valence-electron chi connectivity index (χ1n) is 8.63. The van der Waals surface area contributed by atoms with Crippen LogP contribution in [0.1, 0.15) is 11.3 Å². The van der Waals surface area contributed by atoms with Gasteiger partial charge < -0.3 is 9.64 Å². The number of aromatic nitrogens is 1. The normalized spacial score (nSPS) is 14.8. The van der Waals surface area contributed by atoms with E-state index in [1.807, 2.05) is 18.2 Å². The lowest BCUT2D eigenvalue weighted by Gasteiger charge is -2.17. The van der Waals surface area contributed by atoms with Crippen LogP contribution in [0.25, 0.3) is 6.08 Å². The van der Waals surface area contributed by atoms with Gasteiger partial charge in [0, 0.05) is 18.9 Å². The van der Waals surface area contributed by atoms with Crippen molar-refractivity contribution in [3.63, 3.8) is 0 Å². The van der Waals surface area contributed by atoms with Crippen molar-refractivity contribution in [3.8, 4) is 5.75 Å². The highest BCUT2D eigenvalue weighted by molar-refractivity contribution is 8.18. The molecule has 1 aromatic heterocycles. The van der Waals surface area contributed by atoms with Crippen LogP contribution in [0.4, 0.5) is 4.79 Å². The zero-order valence-corrected chi connectivity index (χ0v) is 16.1. The van der Waals surface area contributed by atoms with Gasteiger partial charge in [-0.15, -0.1) is 0 Å². The lowest BCUT2D eigenvalue weighted by atomic mass is 10.2. The molecule has 144 valence electrons. The largest absolute Gasteiger partial charge is 0.492 e. The summed E-state index contributed by atoms with van der Waals surface area (Å²) in [4.78, 5) is 41.0. The van der Waals surface area contributed by atoms with E-state index in [-0.39, 0.29) is 23.5 Å². The maximum Gasteiger partial charge on any atom is 0.290 e. The third-order valence-corrected chi connectivity index (χ3v) is 4.81.